The van der Waals surface area contributed by atoms with Crippen molar-refractivity contribution in [3.63, 3.8) is 0 Å². The number of ether oxygens (including phenoxy) is 3. The average molecular weight is 388 g/mol. The first-order valence-electron chi connectivity index (χ1n) is 9.31. The van der Waals surface area contributed by atoms with Gasteiger partial charge in [-0.05, 0) is 43.5 Å². The highest BCUT2D eigenvalue weighted by atomic mass is 16.6. The summed E-state index contributed by atoms with van der Waals surface area (Å²) in [5.41, 5.74) is 0.763. The highest BCUT2D eigenvalue weighted by Crippen LogP contribution is 2.29. The van der Waals surface area contributed by atoms with E-state index in [2.05, 4.69) is 0 Å². The minimum absolute atomic E-state index is 0.155. The number of hydrogen-bond donors (Lipinski definition) is 2. The van der Waals surface area contributed by atoms with Gasteiger partial charge in [0.1, 0.15) is 24.1 Å². The maximum Gasteiger partial charge on any atom is 0.331 e. The number of carbonyl (C=O) groups is 2. The fourth-order valence-corrected chi connectivity index (χ4v) is 3.32. The van der Waals surface area contributed by atoms with Crippen molar-refractivity contribution in [2.75, 3.05) is 0 Å². The lowest BCUT2D eigenvalue weighted by Gasteiger charge is -2.28. The van der Waals surface area contributed by atoms with Gasteiger partial charge >= 0.3 is 11.9 Å². The molecule has 7 nitrogen and oxygen atoms in total. The van der Waals surface area contributed by atoms with Gasteiger partial charge in [0.05, 0.1) is 12.2 Å². The molecule has 28 heavy (non-hydrogen) atoms. The van der Waals surface area contributed by atoms with E-state index in [1.54, 1.807) is 31.2 Å². The molecule has 0 aliphatic carbocycles. The Balaban J connectivity index is 1.47. The van der Waals surface area contributed by atoms with Crippen LogP contribution < -0.4 is 0 Å². The lowest BCUT2D eigenvalue weighted by molar-refractivity contribution is -0.164. The van der Waals surface area contributed by atoms with Crippen molar-refractivity contribution in [2.24, 2.45) is 0 Å². The minimum Gasteiger partial charge on any atom is -0.508 e. The number of rotatable bonds is 6. The first kappa shape index (κ1) is 20.1. The lowest BCUT2D eigenvalue weighted by Crippen LogP contribution is -2.41. The summed E-state index contributed by atoms with van der Waals surface area (Å²) in [6.07, 6.45) is 4.79. The monoisotopic (exact) mass is 388 g/mol. The van der Waals surface area contributed by atoms with Crippen LogP contribution in [0.25, 0.3) is 6.08 Å². The molecule has 0 saturated carbocycles. The number of aliphatic hydroxyl groups excluding tert-OH is 1. The third kappa shape index (κ3) is 5.21. The van der Waals surface area contributed by atoms with Gasteiger partial charge in [0.15, 0.2) is 0 Å². The molecular formula is C21H24O7. The van der Waals surface area contributed by atoms with Gasteiger partial charge in [-0.25, -0.2) is 9.59 Å². The van der Waals surface area contributed by atoms with Crippen molar-refractivity contribution in [3.05, 3.63) is 48.1 Å². The van der Waals surface area contributed by atoms with Gasteiger partial charge in [0, 0.05) is 18.6 Å². The van der Waals surface area contributed by atoms with Crippen LogP contribution in [0.15, 0.2) is 42.5 Å². The molecule has 1 aromatic carbocycles. The van der Waals surface area contributed by atoms with E-state index in [1.165, 1.54) is 24.3 Å². The second-order valence-corrected chi connectivity index (χ2v) is 6.96. The van der Waals surface area contributed by atoms with Gasteiger partial charge in [-0.15, -0.1) is 0 Å². The van der Waals surface area contributed by atoms with E-state index >= 15 is 0 Å². The standard InChI is InChI=1S/C21H24O7/c1-13(26-20(24)12-7-14-5-8-15(22)9-6-14)16-10-11-18(27-16)21(25)17-3-2-4-19(23)28-17/h2,4-9,12-13,16-18,21-22,25H,3,10-11H2,1H3/b12-7-/t13-,16-,17+,18+,21+/m0/s1. The van der Waals surface area contributed by atoms with Crippen molar-refractivity contribution < 1.29 is 34.0 Å². The Labute approximate surface area is 163 Å². The number of benzene rings is 1. The molecule has 2 aliphatic heterocycles. The molecule has 1 fully saturated rings. The molecule has 0 unspecified atom stereocenters. The minimum atomic E-state index is -0.920. The Hall–Kier alpha value is -2.64. The normalized spacial score (nSPS) is 26.8. The number of aromatic hydroxyl groups is 1. The summed E-state index contributed by atoms with van der Waals surface area (Å²) in [4.78, 5) is 23.4. The second kappa shape index (κ2) is 9.03. The number of carbonyl (C=O) groups excluding carboxylic acids is 2. The Bertz CT molecular complexity index is 753. The van der Waals surface area contributed by atoms with Gasteiger partial charge in [0.2, 0.25) is 0 Å². The summed E-state index contributed by atoms with van der Waals surface area (Å²) in [6, 6.07) is 6.43. The first-order chi connectivity index (χ1) is 13.4. The Morgan fingerprint density at radius 1 is 1.21 bits per heavy atom. The van der Waals surface area contributed by atoms with Gasteiger partial charge in [-0.3, -0.25) is 0 Å². The molecule has 0 spiro atoms. The molecule has 0 radical (unpaired) electrons. The van der Waals surface area contributed by atoms with Crippen LogP contribution in [-0.2, 0) is 23.8 Å². The van der Waals surface area contributed by atoms with Crippen LogP contribution in [0.1, 0.15) is 31.7 Å². The molecule has 0 amide bonds. The van der Waals surface area contributed by atoms with E-state index in [1.807, 2.05) is 0 Å². The molecule has 3 rings (SSSR count). The van der Waals surface area contributed by atoms with Crippen molar-refractivity contribution >= 4 is 18.0 Å². The van der Waals surface area contributed by atoms with Crippen LogP contribution in [0.3, 0.4) is 0 Å². The summed E-state index contributed by atoms with van der Waals surface area (Å²) in [5.74, 6) is -0.811. The zero-order chi connectivity index (χ0) is 20.1. The molecule has 7 heteroatoms. The predicted molar refractivity (Wildman–Crippen MR) is 100 cm³/mol. The zero-order valence-corrected chi connectivity index (χ0v) is 15.6. The third-order valence-electron chi connectivity index (χ3n) is 4.87. The summed E-state index contributed by atoms with van der Waals surface area (Å²) in [5, 5.41) is 19.7. The maximum atomic E-state index is 12.0. The van der Waals surface area contributed by atoms with Crippen LogP contribution in [0, 0.1) is 0 Å². The SMILES string of the molecule is C[C@H](OC(=O)/C=C\c1ccc(O)cc1)[C@@H]1CC[C@H]([C@H](O)[C@H]2CC=CC(=O)O2)O1. The average Bonchev–Trinajstić information content (AvgIpc) is 3.17. The number of phenolic OH excluding ortho intramolecular Hbond substituents is 1. The topological polar surface area (TPSA) is 102 Å². The molecule has 1 aromatic rings. The van der Waals surface area contributed by atoms with Crippen molar-refractivity contribution in [2.45, 2.75) is 56.7 Å². The number of phenols is 1. The molecule has 1 saturated heterocycles. The smallest absolute Gasteiger partial charge is 0.331 e. The predicted octanol–water partition coefficient (Wildman–Crippen LogP) is 2.12. The number of cyclic esters (lactones) is 1. The highest BCUT2D eigenvalue weighted by Gasteiger charge is 2.39. The van der Waals surface area contributed by atoms with Gasteiger partial charge in [-0.2, -0.15) is 0 Å². The van der Waals surface area contributed by atoms with Crippen LogP contribution >= 0.6 is 0 Å². The molecule has 5 atom stereocenters. The molecule has 2 N–H and O–H groups in total. The largest absolute Gasteiger partial charge is 0.508 e. The second-order valence-electron chi connectivity index (χ2n) is 6.96. The molecule has 2 heterocycles. The number of hydrogen-bond acceptors (Lipinski definition) is 7. The van der Waals surface area contributed by atoms with Crippen LogP contribution in [0.5, 0.6) is 5.75 Å². The van der Waals surface area contributed by atoms with Gasteiger partial charge < -0.3 is 24.4 Å². The van der Waals surface area contributed by atoms with E-state index in [-0.39, 0.29) is 11.9 Å². The first-order valence-corrected chi connectivity index (χ1v) is 9.31. The number of esters is 2. The number of aliphatic hydroxyl groups is 1. The van der Waals surface area contributed by atoms with Crippen LogP contribution in [0.4, 0.5) is 0 Å². The van der Waals surface area contributed by atoms with E-state index in [0.29, 0.717) is 19.3 Å². The Morgan fingerprint density at radius 3 is 2.64 bits per heavy atom. The van der Waals surface area contributed by atoms with E-state index in [9.17, 15) is 19.8 Å². The van der Waals surface area contributed by atoms with E-state index in [0.717, 1.165) is 5.56 Å². The molecule has 0 bridgehead atoms. The summed E-state index contributed by atoms with van der Waals surface area (Å²) in [7, 11) is 0. The summed E-state index contributed by atoms with van der Waals surface area (Å²) < 4.78 is 16.4. The quantitative estimate of drug-likeness (QED) is 0.568. The van der Waals surface area contributed by atoms with Crippen molar-refractivity contribution in [1.29, 1.82) is 0 Å². The van der Waals surface area contributed by atoms with Crippen LogP contribution in [-0.4, -0.2) is 52.7 Å². The third-order valence-corrected chi connectivity index (χ3v) is 4.87. The van der Waals surface area contributed by atoms with Crippen molar-refractivity contribution in [1.82, 2.24) is 0 Å². The zero-order valence-electron chi connectivity index (χ0n) is 15.6. The van der Waals surface area contributed by atoms with Crippen molar-refractivity contribution in [3.8, 4) is 5.75 Å². The van der Waals surface area contributed by atoms with E-state index in [4.69, 9.17) is 14.2 Å². The van der Waals surface area contributed by atoms with Gasteiger partial charge in [-0.1, -0.05) is 18.2 Å². The van der Waals surface area contributed by atoms with Gasteiger partial charge in [0.25, 0.3) is 0 Å². The van der Waals surface area contributed by atoms with E-state index < -0.39 is 36.4 Å². The van der Waals surface area contributed by atoms with Crippen LogP contribution in [0.2, 0.25) is 0 Å². The molecule has 2 aliphatic rings. The Kier molecular flexibility index (Phi) is 6.49. The highest BCUT2D eigenvalue weighted by molar-refractivity contribution is 5.87. The molecular weight excluding hydrogens is 364 g/mol. The Morgan fingerprint density at radius 2 is 1.93 bits per heavy atom. The summed E-state index contributed by atoms with van der Waals surface area (Å²) in [6.45, 7) is 1.75. The fourth-order valence-electron chi connectivity index (χ4n) is 3.32. The lowest BCUT2D eigenvalue weighted by atomic mass is 10.0. The molecule has 0 aromatic heterocycles. The summed E-state index contributed by atoms with van der Waals surface area (Å²) >= 11 is 0. The molecule has 150 valence electrons. The fraction of sp³-hybridized carbons (Fsp3) is 0.429. The maximum absolute atomic E-state index is 12.0.